The number of carbonyl (C=O) groups excluding carboxylic acids is 2. The largest absolute Gasteiger partial charge is 0.464 e. The molecule has 0 radical (unpaired) electrons. The highest BCUT2D eigenvalue weighted by Crippen LogP contribution is 2.19. The van der Waals surface area contributed by atoms with Crippen molar-refractivity contribution in [2.45, 2.75) is 45.7 Å². The molecule has 2 amide bonds. The van der Waals surface area contributed by atoms with Crippen molar-refractivity contribution in [3.05, 3.63) is 16.1 Å². The van der Waals surface area contributed by atoms with E-state index >= 15 is 0 Å². The van der Waals surface area contributed by atoms with E-state index in [0.29, 0.717) is 25.5 Å². The van der Waals surface area contributed by atoms with Gasteiger partial charge in [0.05, 0.1) is 23.9 Å². The minimum Gasteiger partial charge on any atom is -0.464 e. The SMILES string of the molecule is CCOC(=O)C(CCI)NC(=O)N(C)Cc1csc(C(C)C)n1. The zero-order chi connectivity index (χ0) is 17.4. The minimum absolute atomic E-state index is 0.299. The summed E-state index contributed by atoms with van der Waals surface area (Å²) in [6.07, 6.45) is 0.549. The molecule has 8 heteroatoms. The Hall–Kier alpha value is -0.900. The smallest absolute Gasteiger partial charge is 0.328 e. The number of carbonyl (C=O) groups is 2. The number of aromatic nitrogens is 1. The minimum atomic E-state index is -0.608. The quantitative estimate of drug-likeness (QED) is 0.373. The number of nitrogens with one attached hydrogen (secondary N) is 1. The molecule has 1 aromatic heterocycles. The Morgan fingerprint density at radius 2 is 2.17 bits per heavy atom. The molecular formula is C15H24IN3O3S. The molecular weight excluding hydrogens is 429 g/mol. The van der Waals surface area contributed by atoms with Crippen molar-refractivity contribution in [3.8, 4) is 0 Å². The summed E-state index contributed by atoms with van der Waals surface area (Å²) in [4.78, 5) is 30.2. The number of hydrogen-bond acceptors (Lipinski definition) is 5. The number of esters is 1. The summed E-state index contributed by atoms with van der Waals surface area (Å²) < 4.78 is 5.76. The number of thiazole rings is 1. The summed E-state index contributed by atoms with van der Waals surface area (Å²) in [5.41, 5.74) is 0.859. The molecule has 0 spiro atoms. The Morgan fingerprint density at radius 1 is 1.48 bits per heavy atom. The van der Waals surface area contributed by atoms with Crippen LogP contribution in [0.3, 0.4) is 0 Å². The number of alkyl halides is 1. The van der Waals surface area contributed by atoms with Gasteiger partial charge in [-0.1, -0.05) is 36.4 Å². The predicted octanol–water partition coefficient (Wildman–Crippen LogP) is 3.16. The van der Waals surface area contributed by atoms with Crippen LogP contribution in [0, 0.1) is 0 Å². The van der Waals surface area contributed by atoms with Crippen molar-refractivity contribution in [3.63, 3.8) is 0 Å². The molecule has 23 heavy (non-hydrogen) atoms. The predicted molar refractivity (Wildman–Crippen MR) is 100 cm³/mol. The van der Waals surface area contributed by atoms with E-state index in [1.807, 2.05) is 5.38 Å². The van der Waals surface area contributed by atoms with Gasteiger partial charge in [0.1, 0.15) is 6.04 Å². The van der Waals surface area contributed by atoms with Crippen LogP contribution in [-0.4, -0.2) is 46.0 Å². The molecule has 1 aromatic rings. The van der Waals surface area contributed by atoms with Gasteiger partial charge in [0.15, 0.2) is 0 Å². The molecule has 0 bridgehead atoms. The molecule has 1 rings (SSSR count). The summed E-state index contributed by atoms with van der Waals surface area (Å²) in [7, 11) is 1.69. The Morgan fingerprint density at radius 3 is 2.70 bits per heavy atom. The zero-order valence-corrected chi connectivity index (χ0v) is 16.9. The maximum absolute atomic E-state index is 12.3. The third kappa shape index (κ3) is 6.62. The highest BCUT2D eigenvalue weighted by molar-refractivity contribution is 14.1. The van der Waals surface area contributed by atoms with Gasteiger partial charge in [0.25, 0.3) is 0 Å². The van der Waals surface area contributed by atoms with E-state index in [1.54, 1.807) is 25.3 Å². The van der Waals surface area contributed by atoms with Gasteiger partial charge in [-0.3, -0.25) is 0 Å². The van der Waals surface area contributed by atoms with Crippen LogP contribution < -0.4 is 5.32 Å². The first-order valence-electron chi connectivity index (χ1n) is 7.57. The second kappa shape index (κ2) is 10.1. The van der Waals surface area contributed by atoms with Crippen LogP contribution >= 0.6 is 33.9 Å². The molecule has 0 aliphatic rings. The lowest BCUT2D eigenvalue weighted by molar-refractivity contribution is -0.145. The zero-order valence-electron chi connectivity index (χ0n) is 14.0. The number of rotatable bonds is 8. The van der Waals surface area contributed by atoms with Crippen LogP contribution in [0.15, 0.2) is 5.38 Å². The number of nitrogens with zero attached hydrogens (tertiary/aromatic N) is 2. The van der Waals surface area contributed by atoms with Gasteiger partial charge >= 0.3 is 12.0 Å². The van der Waals surface area contributed by atoms with Crippen LogP contribution in [-0.2, 0) is 16.1 Å². The lowest BCUT2D eigenvalue weighted by Crippen LogP contribution is -2.47. The highest BCUT2D eigenvalue weighted by atomic mass is 127. The summed E-state index contributed by atoms with van der Waals surface area (Å²) in [5.74, 6) is -0.00796. The first-order valence-corrected chi connectivity index (χ1v) is 9.98. The van der Waals surface area contributed by atoms with Crippen molar-refractivity contribution in [2.24, 2.45) is 0 Å². The van der Waals surface area contributed by atoms with Gasteiger partial charge in [-0.15, -0.1) is 11.3 Å². The van der Waals surface area contributed by atoms with Gasteiger partial charge in [0.2, 0.25) is 0 Å². The topological polar surface area (TPSA) is 71.5 Å². The maximum Gasteiger partial charge on any atom is 0.328 e. The lowest BCUT2D eigenvalue weighted by Gasteiger charge is -2.21. The van der Waals surface area contributed by atoms with Gasteiger partial charge < -0.3 is 15.0 Å². The van der Waals surface area contributed by atoms with Crippen LogP contribution in [0.4, 0.5) is 4.79 Å². The van der Waals surface area contributed by atoms with Crippen LogP contribution in [0.2, 0.25) is 0 Å². The monoisotopic (exact) mass is 453 g/mol. The average Bonchev–Trinajstić information content (AvgIpc) is 2.95. The van der Waals surface area contributed by atoms with Crippen molar-refractivity contribution in [1.29, 1.82) is 0 Å². The van der Waals surface area contributed by atoms with E-state index in [0.717, 1.165) is 15.1 Å². The maximum atomic E-state index is 12.3. The molecule has 0 saturated carbocycles. The number of halogens is 1. The van der Waals surface area contributed by atoms with Gasteiger partial charge in [-0.2, -0.15) is 0 Å². The third-order valence-electron chi connectivity index (χ3n) is 3.08. The first-order chi connectivity index (χ1) is 10.9. The third-order valence-corrected chi connectivity index (χ3v) is 4.89. The molecule has 0 aliphatic carbocycles. The van der Waals surface area contributed by atoms with E-state index in [1.165, 1.54) is 4.90 Å². The molecule has 1 N–H and O–H groups in total. The second-order valence-corrected chi connectivity index (χ2v) is 7.39. The fraction of sp³-hybridized carbons (Fsp3) is 0.667. The van der Waals surface area contributed by atoms with Crippen molar-refractivity contribution < 1.29 is 14.3 Å². The molecule has 1 unspecified atom stereocenters. The summed E-state index contributed by atoms with van der Waals surface area (Å²) in [5, 5.41) is 5.76. The highest BCUT2D eigenvalue weighted by Gasteiger charge is 2.23. The van der Waals surface area contributed by atoms with Crippen LogP contribution in [0.5, 0.6) is 0 Å². The number of hydrogen-bond donors (Lipinski definition) is 1. The number of amides is 2. The summed E-state index contributed by atoms with van der Waals surface area (Å²) in [6, 6.07) is -0.907. The lowest BCUT2D eigenvalue weighted by atomic mass is 10.2. The second-order valence-electron chi connectivity index (χ2n) is 5.42. The molecule has 1 atom stereocenters. The molecule has 0 aromatic carbocycles. The van der Waals surface area contributed by atoms with Crippen LogP contribution in [0.25, 0.3) is 0 Å². The van der Waals surface area contributed by atoms with E-state index in [9.17, 15) is 9.59 Å². The van der Waals surface area contributed by atoms with E-state index in [2.05, 4.69) is 46.7 Å². The van der Waals surface area contributed by atoms with Crippen LogP contribution in [0.1, 0.15) is 43.8 Å². The summed E-state index contributed by atoms with van der Waals surface area (Å²) >= 11 is 3.77. The standard InChI is InChI=1S/C15H24IN3O3S/c1-5-22-14(20)12(6-7-16)18-15(21)19(4)8-11-9-23-13(17-11)10(2)3/h9-10,12H,5-8H2,1-4H3,(H,18,21). The fourth-order valence-corrected chi connectivity index (χ4v) is 3.28. The average molecular weight is 453 g/mol. The van der Waals surface area contributed by atoms with Crippen molar-refractivity contribution >= 4 is 45.9 Å². The number of ether oxygens (including phenoxy) is 1. The molecule has 0 aliphatic heterocycles. The van der Waals surface area contributed by atoms with E-state index < -0.39 is 6.04 Å². The Labute approximate surface area is 155 Å². The Balaban J connectivity index is 2.61. The molecule has 0 fully saturated rings. The van der Waals surface area contributed by atoms with E-state index in [4.69, 9.17) is 4.74 Å². The Bertz CT molecular complexity index is 522. The van der Waals surface area contributed by atoms with Gasteiger partial charge in [0, 0.05) is 22.8 Å². The molecule has 6 nitrogen and oxygen atoms in total. The molecule has 130 valence electrons. The summed E-state index contributed by atoms with van der Waals surface area (Å²) in [6.45, 7) is 6.65. The fourth-order valence-electron chi connectivity index (χ4n) is 1.84. The normalized spacial score (nSPS) is 12.1. The van der Waals surface area contributed by atoms with Gasteiger partial charge in [-0.25, -0.2) is 14.6 Å². The molecule has 1 heterocycles. The molecule has 0 saturated heterocycles. The van der Waals surface area contributed by atoms with Crippen molar-refractivity contribution in [2.75, 3.05) is 18.1 Å². The van der Waals surface area contributed by atoms with Crippen molar-refractivity contribution in [1.82, 2.24) is 15.2 Å². The van der Waals surface area contributed by atoms with Gasteiger partial charge in [-0.05, 0) is 13.3 Å². The Kier molecular flexibility index (Phi) is 8.82. The van der Waals surface area contributed by atoms with E-state index in [-0.39, 0.29) is 12.0 Å². The first kappa shape index (κ1) is 20.1. The number of urea groups is 1.